The van der Waals surface area contributed by atoms with Crippen molar-refractivity contribution in [2.45, 2.75) is 45.4 Å². The summed E-state index contributed by atoms with van der Waals surface area (Å²) in [6.07, 6.45) is 8.62. The molecule has 2 aliphatic carbocycles. The summed E-state index contributed by atoms with van der Waals surface area (Å²) in [5.74, 6) is 1.96. The molecule has 2 saturated carbocycles. The molecule has 2 aliphatic rings. The third-order valence-electron chi connectivity index (χ3n) is 2.49. The Labute approximate surface area is 81.2 Å². The Hall–Kier alpha value is -0.590. The molecule has 0 aromatic rings. The highest BCUT2D eigenvalue weighted by atomic mass is 16.1. The minimum atomic E-state index is 0.435. The van der Waals surface area contributed by atoms with Gasteiger partial charge in [0.15, 0.2) is 0 Å². The van der Waals surface area contributed by atoms with Crippen LogP contribution in [-0.4, -0.2) is 5.78 Å². The van der Waals surface area contributed by atoms with Crippen LogP contribution >= 0.6 is 0 Å². The average molecular weight is 180 g/mol. The highest BCUT2D eigenvalue weighted by Crippen LogP contribution is 2.31. The van der Waals surface area contributed by atoms with Crippen LogP contribution in [-0.2, 0) is 4.79 Å². The molecule has 0 aromatic carbocycles. The summed E-state index contributed by atoms with van der Waals surface area (Å²) < 4.78 is 0. The molecule has 2 fully saturated rings. The fourth-order valence-electron chi connectivity index (χ4n) is 1.02. The molecule has 0 N–H and O–H groups in total. The van der Waals surface area contributed by atoms with Gasteiger partial charge in [-0.15, -0.1) is 6.58 Å². The number of rotatable bonds is 4. The van der Waals surface area contributed by atoms with Gasteiger partial charge in [-0.1, -0.05) is 25.8 Å². The predicted octanol–water partition coefficient (Wildman–Crippen LogP) is 3.35. The summed E-state index contributed by atoms with van der Waals surface area (Å²) >= 11 is 0. The molecular formula is C12H20O. The normalized spacial score (nSPS) is 20.1. The third-order valence-corrected chi connectivity index (χ3v) is 2.49. The van der Waals surface area contributed by atoms with Gasteiger partial charge in [0.1, 0.15) is 5.78 Å². The van der Waals surface area contributed by atoms with Crippen LogP contribution < -0.4 is 0 Å². The molecule has 74 valence electrons. The van der Waals surface area contributed by atoms with E-state index >= 15 is 0 Å². The van der Waals surface area contributed by atoms with Crippen LogP contribution in [0.15, 0.2) is 12.7 Å². The summed E-state index contributed by atoms with van der Waals surface area (Å²) in [4.78, 5) is 10.9. The van der Waals surface area contributed by atoms with E-state index < -0.39 is 0 Å². The van der Waals surface area contributed by atoms with E-state index in [0.29, 0.717) is 18.1 Å². The largest absolute Gasteiger partial charge is 0.299 e. The van der Waals surface area contributed by atoms with E-state index in [1.54, 1.807) is 6.08 Å². The van der Waals surface area contributed by atoms with Gasteiger partial charge in [-0.3, -0.25) is 4.79 Å². The SMILES string of the molecule is C=CCCC(=O)C1CC1.CC1CC1. The second-order valence-corrected chi connectivity index (χ2v) is 4.25. The van der Waals surface area contributed by atoms with Crippen molar-refractivity contribution < 1.29 is 4.79 Å². The van der Waals surface area contributed by atoms with Gasteiger partial charge in [0, 0.05) is 12.3 Å². The van der Waals surface area contributed by atoms with Crippen LogP contribution in [0.3, 0.4) is 0 Å². The van der Waals surface area contributed by atoms with Gasteiger partial charge in [-0.25, -0.2) is 0 Å². The Morgan fingerprint density at radius 1 is 1.38 bits per heavy atom. The summed E-state index contributed by atoms with van der Waals surface area (Å²) in [6, 6.07) is 0. The number of Topliss-reactive ketones (excluding diaryl/α,β-unsaturated/α-hetero) is 1. The van der Waals surface area contributed by atoms with Gasteiger partial charge >= 0.3 is 0 Å². The van der Waals surface area contributed by atoms with Gasteiger partial charge < -0.3 is 0 Å². The van der Waals surface area contributed by atoms with E-state index in [1.807, 2.05) is 0 Å². The molecule has 0 heterocycles. The van der Waals surface area contributed by atoms with E-state index in [2.05, 4.69) is 13.5 Å². The Bertz CT molecular complexity index is 176. The number of carbonyl (C=O) groups excluding carboxylic acids is 1. The molecule has 0 atom stereocenters. The Kier molecular flexibility index (Phi) is 4.20. The van der Waals surface area contributed by atoms with Crippen molar-refractivity contribution in [3.05, 3.63) is 12.7 Å². The molecule has 1 nitrogen and oxygen atoms in total. The number of carbonyl (C=O) groups is 1. The van der Waals surface area contributed by atoms with Crippen molar-refractivity contribution in [3.63, 3.8) is 0 Å². The van der Waals surface area contributed by atoms with Crippen LogP contribution in [0.4, 0.5) is 0 Å². The van der Waals surface area contributed by atoms with E-state index in [1.165, 1.54) is 12.8 Å². The molecule has 0 bridgehead atoms. The van der Waals surface area contributed by atoms with E-state index in [0.717, 1.165) is 25.2 Å². The van der Waals surface area contributed by atoms with Crippen molar-refractivity contribution in [1.82, 2.24) is 0 Å². The van der Waals surface area contributed by atoms with Crippen molar-refractivity contribution in [2.75, 3.05) is 0 Å². The number of ketones is 1. The van der Waals surface area contributed by atoms with Gasteiger partial charge in [-0.2, -0.15) is 0 Å². The molecule has 0 aliphatic heterocycles. The molecule has 0 spiro atoms. The molecule has 0 aromatic heterocycles. The summed E-state index contributed by atoms with van der Waals surface area (Å²) in [5.41, 5.74) is 0. The highest BCUT2D eigenvalue weighted by Gasteiger charge is 2.28. The monoisotopic (exact) mass is 180 g/mol. The maximum absolute atomic E-state index is 10.9. The van der Waals surface area contributed by atoms with Crippen molar-refractivity contribution in [2.24, 2.45) is 11.8 Å². The molecule has 0 unspecified atom stereocenters. The van der Waals surface area contributed by atoms with Gasteiger partial charge in [0.05, 0.1) is 0 Å². The molecule has 13 heavy (non-hydrogen) atoms. The topological polar surface area (TPSA) is 17.1 Å². The number of allylic oxidation sites excluding steroid dienone is 1. The van der Waals surface area contributed by atoms with Crippen LogP contribution in [0.2, 0.25) is 0 Å². The Morgan fingerprint density at radius 2 is 1.92 bits per heavy atom. The van der Waals surface area contributed by atoms with E-state index in [9.17, 15) is 4.79 Å². The summed E-state index contributed by atoms with van der Waals surface area (Å²) in [6.45, 7) is 5.84. The lowest BCUT2D eigenvalue weighted by Gasteiger charge is -1.90. The maximum atomic E-state index is 10.9. The summed E-state index contributed by atoms with van der Waals surface area (Å²) in [5, 5.41) is 0. The van der Waals surface area contributed by atoms with Gasteiger partial charge in [0.25, 0.3) is 0 Å². The second kappa shape index (κ2) is 5.21. The van der Waals surface area contributed by atoms with E-state index in [-0.39, 0.29) is 0 Å². The number of hydrogen-bond donors (Lipinski definition) is 0. The second-order valence-electron chi connectivity index (χ2n) is 4.25. The zero-order valence-electron chi connectivity index (χ0n) is 8.59. The first kappa shape index (κ1) is 10.5. The first-order chi connectivity index (χ1) is 6.24. The van der Waals surface area contributed by atoms with Crippen molar-refractivity contribution in [1.29, 1.82) is 0 Å². The van der Waals surface area contributed by atoms with Crippen molar-refractivity contribution >= 4 is 5.78 Å². The lowest BCUT2D eigenvalue weighted by Crippen LogP contribution is -1.97. The zero-order chi connectivity index (χ0) is 9.68. The predicted molar refractivity (Wildman–Crippen MR) is 55.6 cm³/mol. The van der Waals surface area contributed by atoms with Crippen LogP contribution in [0.1, 0.15) is 45.4 Å². The molecule has 0 amide bonds. The first-order valence-electron chi connectivity index (χ1n) is 5.37. The van der Waals surface area contributed by atoms with Crippen LogP contribution in [0.5, 0.6) is 0 Å². The standard InChI is InChI=1S/C8H12O.C4H8/c1-2-3-4-8(9)7-5-6-7;1-4-2-3-4/h2,7H,1,3-6H2;4H,2-3H2,1H3. The Balaban J connectivity index is 0.000000175. The number of hydrogen-bond acceptors (Lipinski definition) is 1. The lowest BCUT2D eigenvalue weighted by atomic mass is 10.1. The third kappa shape index (κ3) is 5.62. The lowest BCUT2D eigenvalue weighted by molar-refractivity contribution is -0.120. The van der Waals surface area contributed by atoms with Crippen LogP contribution in [0, 0.1) is 11.8 Å². The molecular weight excluding hydrogens is 160 g/mol. The zero-order valence-corrected chi connectivity index (χ0v) is 8.59. The average Bonchev–Trinajstić information content (AvgIpc) is 2.92. The maximum Gasteiger partial charge on any atom is 0.136 e. The quantitative estimate of drug-likeness (QED) is 0.606. The smallest absolute Gasteiger partial charge is 0.136 e. The fourth-order valence-corrected chi connectivity index (χ4v) is 1.02. The molecule has 0 saturated heterocycles. The minimum absolute atomic E-state index is 0.435. The van der Waals surface area contributed by atoms with Crippen LogP contribution in [0.25, 0.3) is 0 Å². The van der Waals surface area contributed by atoms with Gasteiger partial charge in [-0.05, 0) is 25.2 Å². The van der Waals surface area contributed by atoms with E-state index in [4.69, 9.17) is 0 Å². The first-order valence-corrected chi connectivity index (χ1v) is 5.37. The fraction of sp³-hybridized carbons (Fsp3) is 0.750. The highest BCUT2D eigenvalue weighted by molar-refractivity contribution is 5.83. The minimum Gasteiger partial charge on any atom is -0.299 e. The van der Waals surface area contributed by atoms with Crippen molar-refractivity contribution in [3.8, 4) is 0 Å². The molecule has 1 heteroatoms. The summed E-state index contributed by atoms with van der Waals surface area (Å²) in [7, 11) is 0. The van der Waals surface area contributed by atoms with Gasteiger partial charge in [0.2, 0.25) is 0 Å². The molecule has 0 radical (unpaired) electrons. The molecule has 2 rings (SSSR count). The Morgan fingerprint density at radius 3 is 2.23 bits per heavy atom.